The molecule has 2 aromatic carbocycles. The number of nitrogens with zero attached hydrogens (tertiary/aromatic N) is 1. The molecular formula is C26H27NO5S. The van der Waals surface area contributed by atoms with Gasteiger partial charge in [-0.05, 0) is 56.2 Å². The van der Waals surface area contributed by atoms with Gasteiger partial charge in [0.1, 0.15) is 18.6 Å². The second-order valence-corrected chi connectivity index (χ2v) is 9.05. The van der Waals surface area contributed by atoms with Crippen LogP contribution in [0.5, 0.6) is 5.75 Å². The maximum Gasteiger partial charge on any atom is 0.217 e. The molecule has 6 nitrogen and oxygen atoms in total. The first kappa shape index (κ1) is 24.4. The molecule has 0 radical (unpaired) electrons. The lowest BCUT2D eigenvalue weighted by Crippen LogP contribution is -2.26. The third-order valence-corrected chi connectivity index (χ3v) is 5.55. The van der Waals surface area contributed by atoms with Crippen molar-refractivity contribution in [1.82, 2.24) is 0 Å². The number of fused-ring (bicyclic) bond motifs is 1. The van der Waals surface area contributed by atoms with Crippen molar-refractivity contribution in [3.63, 3.8) is 0 Å². The fraction of sp³-hybridized carbons (Fsp3) is 0.192. The third-order valence-electron chi connectivity index (χ3n) is 5.15. The van der Waals surface area contributed by atoms with Crippen molar-refractivity contribution in [1.29, 1.82) is 0 Å². The van der Waals surface area contributed by atoms with Gasteiger partial charge in [-0.15, -0.1) is 0 Å². The lowest BCUT2D eigenvalue weighted by molar-refractivity contribution is -0.671. The Balaban J connectivity index is 0.000000454. The Labute approximate surface area is 195 Å². The number of aryl methyl sites for hydroxylation is 4. The number of ether oxygens (including phenoxy) is 1. The molecule has 1 aliphatic heterocycles. The zero-order valence-corrected chi connectivity index (χ0v) is 20.1. The van der Waals surface area contributed by atoms with Crippen LogP contribution in [0.15, 0.2) is 67.0 Å². The van der Waals surface area contributed by atoms with Crippen molar-refractivity contribution < 1.29 is 26.5 Å². The highest BCUT2D eigenvalue weighted by atomic mass is 32.3. The molecule has 0 saturated heterocycles. The van der Waals surface area contributed by atoms with Crippen LogP contribution in [0.25, 0.3) is 17.4 Å². The predicted octanol–water partition coefficient (Wildman–Crippen LogP) is 4.50. The molecular weight excluding hydrogens is 438 g/mol. The Morgan fingerprint density at radius 1 is 1.00 bits per heavy atom. The molecule has 0 amide bonds. The van der Waals surface area contributed by atoms with Crippen LogP contribution in [0, 0.1) is 20.8 Å². The molecule has 0 spiro atoms. The maximum atomic E-state index is 9.22. The van der Waals surface area contributed by atoms with E-state index < -0.39 is 10.4 Å². The van der Waals surface area contributed by atoms with E-state index in [1.54, 1.807) is 0 Å². The van der Waals surface area contributed by atoms with E-state index >= 15 is 0 Å². The van der Waals surface area contributed by atoms with Gasteiger partial charge in [-0.1, -0.05) is 41.5 Å². The van der Waals surface area contributed by atoms with Crippen LogP contribution in [-0.4, -0.2) is 20.1 Å². The van der Waals surface area contributed by atoms with Crippen molar-refractivity contribution in [2.45, 2.75) is 20.8 Å². The highest BCUT2D eigenvalue weighted by Gasteiger charge is 2.18. The number of benzene rings is 2. The molecule has 1 aliphatic rings. The molecule has 0 aliphatic carbocycles. The normalized spacial score (nSPS) is 14.0. The average Bonchev–Trinajstić information content (AvgIpc) is 2.76. The number of allylic oxidation sites excluding steroid dienone is 2. The molecule has 1 aromatic heterocycles. The predicted molar refractivity (Wildman–Crippen MR) is 128 cm³/mol. The first-order chi connectivity index (χ1) is 15.6. The summed E-state index contributed by atoms with van der Waals surface area (Å²) in [7, 11) is -1.56. The zero-order valence-electron chi connectivity index (χ0n) is 19.3. The lowest BCUT2D eigenvalue weighted by atomic mass is 9.95. The summed E-state index contributed by atoms with van der Waals surface area (Å²) >= 11 is 0. The smallest absolute Gasteiger partial charge is 0.217 e. The van der Waals surface area contributed by atoms with Crippen LogP contribution in [0.4, 0.5) is 0 Å². The van der Waals surface area contributed by atoms with Crippen LogP contribution in [0.2, 0.25) is 0 Å². The highest BCUT2D eigenvalue weighted by molar-refractivity contribution is 7.80. The topological polar surface area (TPSA) is 79.5 Å². The van der Waals surface area contributed by atoms with Crippen LogP contribution >= 0.6 is 0 Å². The summed E-state index contributed by atoms with van der Waals surface area (Å²) in [5.74, 6) is 1.79. The van der Waals surface area contributed by atoms with Gasteiger partial charge < -0.3 is 9.29 Å². The summed E-state index contributed by atoms with van der Waals surface area (Å²) in [6.45, 7) is 6.36. The van der Waals surface area contributed by atoms with E-state index in [9.17, 15) is 13.0 Å². The summed E-state index contributed by atoms with van der Waals surface area (Å²) in [6, 6.07) is 17.0. The monoisotopic (exact) mass is 465 g/mol. The summed E-state index contributed by atoms with van der Waals surface area (Å²) in [4.78, 5) is 0. The van der Waals surface area contributed by atoms with E-state index in [0.717, 1.165) is 29.7 Å². The standard InChI is InChI=1S/C25H24NO.CH4O4S/c1-17-5-8-20(9-6-17)25-15-22(14-21-11-12-26(4)16-19(21)3)23-13-18(2)7-10-24(23)27-25;1-5-6(2,3)4/h5-16H,1-4H3;1H3,(H,2,3,4)/q+1;/p-1/b22-14+;. The maximum absolute atomic E-state index is 9.22. The lowest BCUT2D eigenvalue weighted by Gasteiger charge is -2.21. The molecule has 3 aromatic rings. The van der Waals surface area contributed by atoms with Crippen molar-refractivity contribution in [3.8, 4) is 5.75 Å². The Hall–Kier alpha value is -3.26. The van der Waals surface area contributed by atoms with Gasteiger partial charge in [0.2, 0.25) is 10.4 Å². The van der Waals surface area contributed by atoms with Gasteiger partial charge in [-0.2, -0.15) is 0 Å². The van der Waals surface area contributed by atoms with E-state index in [1.165, 1.54) is 27.8 Å². The van der Waals surface area contributed by atoms with Crippen molar-refractivity contribution in [2.75, 3.05) is 7.11 Å². The first-order valence-corrected chi connectivity index (χ1v) is 11.7. The molecule has 4 rings (SSSR count). The average molecular weight is 466 g/mol. The number of hydrogen-bond acceptors (Lipinski definition) is 5. The minimum atomic E-state index is -4.41. The minimum Gasteiger partial charge on any atom is -0.726 e. The second-order valence-electron chi connectivity index (χ2n) is 7.90. The number of aromatic nitrogens is 1. The number of pyridine rings is 1. The van der Waals surface area contributed by atoms with E-state index in [-0.39, 0.29) is 0 Å². The summed E-state index contributed by atoms with van der Waals surface area (Å²) in [5, 5.41) is 0. The Morgan fingerprint density at radius 2 is 1.64 bits per heavy atom. The van der Waals surface area contributed by atoms with Gasteiger partial charge in [-0.25, -0.2) is 13.0 Å². The van der Waals surface area contributed by atoms with Gasteiger partial charge in [0.05, 0.1) is 7.11 Å². The Kier molecular flexibility index (Phi) is 7.48. The SMILES string of the molecule is COS(=O)(=O)[O-].Cc1ccc(C2=C/C(=C\c3cc[n+](C)cc3C)c3cc(C)ccc3O2)cc1. The van der Waals surface area contributed by atoms with Crippen LogP contribution < -0.4 is 9.30 Å². The Morgan fingerprint density at radius 3 is 2.24 bits per heavy atom. The molecule has 7 heteroatoms. The molecule has 172 valence electrons. The van der Waals surface area contributed by atoms with Crippen LogP contribution in [0.3, 0.4) is 0 Å². The van der Waals surface area contributed by atoms with E-state index in [2.05, 4.69) is 103 Å². The van der Waals surface area contributed by atoms with Crippen LogP contribution in [0.1, 0.15) is 33.4 Å². The Bertz CT molecular complexity index is 1320. The summed E-state index contributed by atoms with van der Waals surface area (Å²) < 4.78 is 39.3. The molecule has 0 unspecified atom stereocenters. The quantitative estimate of drug-likeness (QED) is 0.323. The zero-order chi connectivity index (χ0) is 24.2. The molecule has 0 bridgehead atoms. The van der Waals surface area contributed by atoms with Crippen molar-refractivity contribution in [3.05, 3.63) is 100 Å². The van der Waals surface area contributed by atoms with Gasteiger partial charge in [0.25, 0.3) is 0 Å². The van der Waals surface area contributed by atoms with E-state index in [0.29, 0.717) is 0 Å². The minimum absolute atomic E-state index is 0.808. The third kappa shape index (κ3) is 6.61. The first-order valence-electron chi connectivity index (χ1n) is 10.3. The molecule has 2 heterocycles. The van der Waals surface area contributed by atoms with Crippen molar-refractivity contribution >= 4 is 27.8 Å². The molecule has 0 N–H and O–H groups in total. The molecule has 33 heavy (non-hydrogen) atoms. The fourth-order valence-corrected chi connectivity index (χ4v) is 3.39. The number of hydrogen-bond donors (Lipinski definition) is 0. The van der Waals surface area contributed by atoms with Gasteiger partial charge in [0.15, 0.2) is 12.4 Å². The van der Waals surface area contributed by atoms with Gasteiger partial charge in [0, 0.05) is 22.8 Å². The highest BCUT2D eigenvalue weighted by Crippen LogP contribution is 2.38. The molecule has 0 fully saturated rings. The molecule has 0 saturated carbocycles. The molecule has 0 atom stereocenters. The fourth-order valence-electron chi connectivity index (χ4n) is 3.39. The van der Waals surface area contributed by atoms with Crippen molar-refractivity contribution in [2.24, 2.45) is 7.05 Å². The second kappa shape index (κ2) is 10.1. The van der Waals surface area contributed by atoms with Gasteiger partial charge >= 0.3 is 0 Å². The summed E-state index contributed by atoms with van der Waals surface area (Å²) in [6.07, 6.45) is 8.64. The van der Waals surface area contributed by atoms with E-state index in [4.69, 9.17) is 4.74 Å². The van der Waals surface area contributed by atoms with Crippen LogP contribution in [-0.2, 0) is 21.6 Å². The largest absolute Gasteiger partial charge is 0.726 e. The summed E-state index contributed by atoms with van der Waals surface area (Å²) in [5.41, 5.74) is 8.34. The van der Waals surface area contributed by atoms with Gasteiger partial charge in [-0.3, -0.25) is 4.18 Å². The number of rotatable bonds is 3. The van der Waals surface area contributed by atoms with E-state index in [1.807, 2.05) is 7.05 Å².